The van der Waals surface area contributed by atoms with E-state index in [-0.39, 0.29) is 18.4 Å². The van der Waals surface area contributed by atoms with E-state index >= 15 is 0 Å². The SMILES string of the molecule is C=C(C)COc1ccc(C(=O)NCC[C@@H](C)CO)cc1. The summed E-state index contributed by atoms with van der Waals surface area (Å²) in [5.74, 6) is 0.813. The lowest BCUT2D eigenvalue weighted by molar-refractivity contribution is 0.0949. The summed E-state index contributed by atoms with van der Waals surface area (Å²) >= 11 is 0. The van der Waals surface area contributed by atoms with E-state index in [1.807, 2.05) is 13.8 Å². The van der Waals surface area contributed by atoms with Crippen molar-refractivity contribution in [2.75, 3.05) is 19.8 Å². The zero-order chi connectivity index (χ0) is 15.0. The van der Waals surface area contributed by atoms with Crippen molar-refractivity contribution in [3.63, 3.8) is 0 Å². The summed E-state index contributed by atoms with van der Waals surface area (Å²) in [6, 6.07) is 7.01. The molecule has 0 aromatic heterocycles. The number of nitrogens with one attached hydrogen (secondary N) is 1. The number of aliphatic hydroxyl groups is 1. The van der Waals surface area contributed by atoms with Gasteiger partial charge in [0.2, 0.25) is 0 Å². The van der Waals surface area contributed by atoms with Gasteiger partial charge in [-0.15, -0.1) is 0 Å². The highest BCUT2D eigenvalue weighted by Crippen LogP contribution is 2.13. The third-order valence-electron chi connectivity index (χ3n) is 2.84. The number of hydrogen-bond donors (Lipinski definition) is 2. The Morgan fingerprint density at radius 2 is 2.05 bits per heavy atom. The van der Waals surface area contributed by atoms with Crippen molar-refractivity contribution in [1.82, 2.24) is 5.32 Å². The highest BCUT2D eigenvalue weighted by molar-refractivity contribution is 5.94. The first-order valence-corrected chi connectivity index (χ1v) is 6.79. The smallest absolute Gasteiger partial charge is 0.251 e. The molecule has 0 aliphatic carbocycles. The second-order valence-corrected chi connectivity index (χ2v) is 5.10. The summed E-state index contributed by atoms with van der Waals surface area (Å²) in [5.41, 5.74) is 1.55. The Labute approximate surface area is 120 Å². The minimum atomic E-state index is -0.110. The van der Waals surface area contributed by atoms with Crippen LogP contribution in [0.15, 0.2) is 36.4 Å². The molecule has 4 nitrogen and oxygen atoms in total. The monoisotopic (exact) mass is 277 g/mol. The van der Waals surface area contributed by atoms with Gasteiger partial charge in [-0.05, 0) is 49.1 Å². The van der Waals surface area contributed by atoms with Crippen molar-refractivity contribution in [2.24, 2.45) is 5.92 Å². The molecule has 0 aliphatic rings. The highest BCUT2D eigenvalue weighted by Gasteiger charge is 2.06. The van der Waals surface area contributed by atoms with Gasteiger partial charge in [0.1, 0.15) is 12.4 Å². The normalized spacial score (nSPS) is 11.8. The Morgan fingerprint density at radius 3 is 2.60 bits per heavy atom. The van der Waals surface area contributed by atoms with Gasteiger partial charge in [0, 0.05) is 18.7 Å². The lowest BCUT2D eigenvalue weighted by Crippen LogP contribution is -2.26. The molecule has 0 aliphatic heterocycles. The minimum Gasteiger partial charge on any atom is -0.489 e. The maximum Gasteiger partial charge on any atom is 0.251 e. The van der Waals surface area contributed by atoms with Crippen LogP contribution in [0, 0.1) is 5.92 Å². The molecule has 0 bridgehead atoms. The predicted octanol–water partition coefficient (Wildman–Crippen LogP) is 2.39. The van der Waals surface area contributed by atoms with Crippen LogP contribution in [0.3, 0.4) is 0 Å². The van der Waals surface area contributed by atoms with Crippen molar-refractivity contribution in [3.05, 3.63) is 42.0 Å². The minimum absolute atomic E-state index is 0.110. The molecule has 0 saturated carbocycles. The number of benzene rings is 1. The van der Waals surface area contributed by atoms with Crippen LogP contribution in [0.25, 0.3) is 0 Å². The molecule has 1 amide bonds. The van der Waals surface area contributed by atoms with Crippen molar-refractivity contribution in [1.29, 1.82) is 0 Å². The van der Waals surface area contributed by atoms with E-state index in [1.54, 1.807) is 24.3 Å². The zero-order valence-electron chi connectivity index (χ0n) is 12.2. The van der Waals surface area contributed by atoms with E-state index in [9.17, 15) is 4.79 Å². The average molecular weight is 277 g/mol. The van der Waals surface area contributed by atoms with Crippen LogP contribution in [0.5, 0.6) is 5.75 Å². The Hall–Kier alpha value is -1.81. The van der Waals surface area contributed by atoms with Crippen LogP contribution in [-0.2, 0) is 0 Å². The molecule has 1 aromatic rings. The highest BCUT2D eigenvalue weighted by atomic mass is 16.5. The van der Waals surface area contributed by atoms with Crippen molar-refractivity contribution < 1.29 is 14.6 Å². The molecule has 1 aromatic carbocycles. The van der Waals surface area contributed by atoms with Gasteiger partial charge in [-0.1, -0.05) is 13.5 Å². The van der Waals surface area contributed by atoms with Crippen molar-refractivity contribution in [3.8, 4) is 5.75 Å². The third kappa shape index (κ3) is 5.89. The van der Waals surface area contributed by atoms with E-state index in [2.05, 4.69) is 11.9 Å². The van der Waals surface area contributed by atoms with Crippen LogP contribution < -0.4 is 10.1 Å². The Kier molecular flexibility index (Phi) is 6.81. The second kappa shape index (κ2) is 8.38. The van der Waals surface area contributed by atoms with Gasteiger partial charge in [0.05, 0.1) is 0 Å². The van der Waals surface area contributed by atoms with Crippen molar-refractivity contribution >= 4 is 5.91 Å². The van der Waals surface area contributed by atoms with Crippen LogP contribution in [0.2, 0.25) is 0 Å². The summed E-state index contributed by atoms with van der Waals surface area (Å²) in [6.45, 7) is 8.79. The largest absolute Gasteiger partial charge is 0.489 e. The first kappa shape index (κ1) is 16.2. The molecule has 4 heteroatoms. The van der Waals surface area contributed by atoms with Gasteiger partial charge in [-0.25, -0.2) is 0 Å². The van der Waals surface area contributed by atoms with E-state index in [0.717, 1.165) is 17.7 Å². The van der Waals surface area contributed by atoms with Gasteiger partial charge < -0.3 is 15.2 Å². The molecule has 1 rings (SSSR count). The molecule has 110 valence electrons. The molecule has 0 heterocycles. The predicted molar refractivity (Wildman–Crippen MR) is 80.0 cm³/mol. The summed E-state index contributed by atoms with van der Waals surface area (Å²) in [6.07, 6.45) is 0.766. The first-order chi connectivity index (χ1) is 9.52. The quantitative estimate of drug-likeness (QED) is 0.717. The number of amides is 1. The molecule has 2 N–H and O–H groups in total. The van der Waals surface area contributed by atoms with Gasteiger partial charge in [-0.3, -0.25) is 4.79 Å². The zero-order valence-corrected chi connectivity index (χ0v) is 12.2. The number of ether oxygens (including phenoxy) is 1. The molecule has 1 atom stereocenters. The summed E-state index contributed by atoms with van der Waals surface area (Å²) in [5, 5.41) is 11.7. The molecule has 0 fully saturated rings. The van der Waals surface area contributed by atoms with Gasteiger partial charge in [0.15, 0.2) is 0 Å². The van der Waals surface area contributed by atoms with E-state index < -0.39 is 0 Å². The lowest BCUT2D eigenvalue weighted by Gasteiger charge is -2.10. The molecule has 0 unspecified atom stereocenters. The number of hydrogen-bond acceptors (Lipinski definition) is 3. The summed E-state index contributed by atoms with van der Waals surface area (Å²) in [4.78, 5) is 11.9. The maximum absolute atomic E-state index is 11.9. The molecule has 20 heavy (non-hydrogen) atoms. The average Bonchev–Trinajstić information content (AvgIpc) is 2.45. The van der Waals surface area contributed by atoms with E-state index in [1.165, 1.54) is 0 Å². The lowest BCUT2D eigenvalue weighted by atomic mass is 10.1. The van der Waals surface area contributed by atoms with Gasteiger partial charge in [0.25, 0.3) is 5.91 Å². The number of aliphatic hydroxyl groups excluding tert-OH is 1. The number of carbonyl (C=O) groups excluding carboxylic acids is 1. The first-order valence-electron chi connectivity index (χ1n) is 6.79. The fourth-order valence-corrected chi connectivity index (χ4v) is 1.53. The summed E-state index contributed by atoms with van der Waals surface area (Å²) in [7, 11) is 0. The van der Waals surface area contributed by atoms with Crippen LogP contribution >= 0.6 is 0 Å². The third-order valence-corrected chi connectivity index (χ3v) is 2.84. The Morgan fingerprint density at radius 1 is 1.40 bits per heavy atom. The number of rotatable bonds is 8. The van der Waals surface area contributed by atoms with E-state index in [0.29, 0.717) is 18.7 Å². The molecule has 0 saturated heterocycles. The molecule has 0 radical (unpaired) electrons. The van der Waals surface area contributed by atoms with Gasteiger partial charge >= 0.3 is 0 Å². The fourth-order valence-electron chi connectivity index (χ4n) is 1.53. The fraction of sp³-hybridized carbons (Fsp3) is 0.438. The second-order valence-electron chi connectivity index (χ2n) is 5.10. The maximum atomic E-state index is 11.9. The Balaban J connectivity index is 2.43. The molecule has 0 spiro atoms. The Bertz CT molecular complexity index is 440. The van der Waals surface area contributed by atoms with Crippen LogP contribution in [0.1, 0.15) is 30.6 Å². The molecular formula is C16H23NO3. The summed E-state index contributed by atoms with van der Waals surface area (Å²) < 4.78 is 5.47. The van der Waals surface area contributed by atoms with Crippen LogP contribution in [0.4, 0.5) is 0 Å². The van der Waals surface area contributed by atoms with Gasteiger partial charge in [-0.2, -0.15) is 0 Å². The van der Waals surface area contributed by atoms with Crippen LogP contribution in [-0.4, -0.2) is 30.8 Å². The molecular weight excluding hydrogens is 254 g/mol. The number of carbonyl (C=O) groups is 1. The van der Waals surface area contributed by atoms with Crippen molar-refractivity contribution in [2.45, 2.75) is 20.3 Å². The standard InChI is InChI=1S/C16H23NO3/c1-12(2)11-20-15-6-4-14(5-7-15)16(19)17-9-8-13(3)10-18/h4-7,13,18H,1,8-11H2,2-3H3,(H,17,19)/t13-/m1/s1. The van der Waals surface area contributed by atoms with E-state index in [4.69, 9.17) is 9.84 Å². The topological polar surface area (TPSA) is 58.6 Å².